The van der Waals surface area contributed by atoms with Crippen molar-refractivity contribution in [2.75, 3.05) is 6.61 Å². The van der Waals surface area contributed by atoms with Crippen LogP contribution in [0.15, 0.2) is 17.3 Å². The van der Waals surface area contributed by atoms with Gasteiger partial charge in [-0.05, 0) is 49.9 Å². The van der Waals surface area contributed by atoms with Crippen molar-refractivity contribution >= 4 is 17.4 Å². The van der Waals surface area contributed by atoms with Crippen LogP contribution in [0.5, 0.6) is 5.75 Å². The van der Waals surface area contributed by atoms with E-state index in [1.165, 1.54) is 0 Å². The van der Waals surface area contributed by atoms with Crippen LogP contribution in [0.1, 0.15) is 30.4 Å². The van der Waals surface area contributed by atoms with Gasteiger partial charge in [0.05, 0.1) is 6.61 Å². The van der Waals surface area contributed by atoms with Gasteiger partial charge in [0.25, 0.3) is 0 Å². The van der Waals surface area contributed by atoms with Crippen LogP contribution in [0.4, 0.5) is 0 Å². The normalized spacial score (nSPS) is 11.6. The molecule has 0 saturated carbocycles. The minimum absolute atomic E-state index is 0.258. The predicted octanol–water partition coefficient (Wildman–Crippen LogP) is 3.25. The van der Waals surface area contributed by atoms with Crippen molar-refractivity contribution < 1.29 is 9.94 Å². The smallest absolute Gasteiger partial charge is 0.139 e. The molecule has 0 unspecified atom stereocenters. The number of oxime groups is 1. The predicted molar refractivity (Wildman–Crippen MR) is 73.7 cm³/mol. The lowest BCUT2D eigenvalue weighted by atomic mass is 10.1. The van der Waals surface area contributed by atoms with Gasteiger partial charge in [0.1, 0.15) is 11.6 Å². The Bertz CT molecular complexity index is 410. The van der Waals surface area contributed by atoms with Crippen LogP contribution in [0.2, 0.25) is 5.02 Å². The summed E-state index contributed by atoms with van der Waals surface area (Å²) in [7, 11) is 0. The molecule has 5 heteroatoms. The Balaban J connectivity index is 2.36. The summed E-state index contributed by atoms with van der Waals surface area (Å²) in [5, 5.41) is 12.1. The summed E-state index contributed by atoms with van der Waals surface area (Å²) in [5.74, 6) is 1.09. The summed E-state index contributed by atoms with van der Waals surface area (Å²) in [6.07, 6.45) is 2.27. The second kappa shape index (κ2) is 7.11. The zero-order valence-corrected chi connectivity index (χ0v) is 11.5. The topological polar surface area (TPSA) is 67.8 Å². The molecule has 4 nitrogen and oxygen atoms in total. The first-order chi connectivity index (χ1) is 8.54. The van der Waals surface area contributed by atoms with Crippen LogP contribution >= 0.6 is 11.6 Å². The Labute approximate surface area is 112 Å². The number of hydrogen-bond donors (Lipinski definition) is 2. The quantitative estimate of drug-likeness (QED) is 0.274. The summed E-state index contributed by atoms with van der Waals surface area (Å²) in [5.41, 5.74) is 7.40. The molecule has 0 aliphatic carbocycles. The van der Waals surface area contributed by atoms with E-state index in [1.807, 2.05) is 26.0 Å². The molecule has 18 heavy (non-hydrogen) atoms. The van der Waals surface area contributed by atoms with Gasteiger partial charge in [0.15, 0.2) is 0 Å². The van der Waals surface area contributed by atoms with Gasteiger partial charge < -0.3 is 15.7 Å². The van der Waals surface area contributed by atoms with Crippen molar-refractivity contribution in [3.63, 3.8) is 0 Å². The Morgan fingerprint density at radius 2 is 1.94 bits per heavy atom. The lowest BCUT2D eigenvalue weighted by molar-refractivity contribution is 0.304. The first-order valence-corrected chi connectivity index (χ1v) is 6.28. The molecule has 0 fully saturated rings. The molecule has 0 heterocycles. The fourth-order valence-corrected chi connectivity index (χ4v) is 1.75. The number of hydrogen-bond acceptors (Lipinski definition) is 3. The molecule has 1 aromatic carbocycles. The zero-order valence-electron chi connectivity index (χ0n) is 10.7. The molecular weight excluding hydrogens is 252 g/mol. The Hall–Kier alpha value is -1.42. The van der Waals surface area contributed by atoms with E-state index < -0.39 is 0 Å². The van der Waals surface area contributed by atoms with Gasteiger partial charge in [-0.2, -0.15) is 0 Å². The maximum Gasteiger partial charge on any atom is 0.139 e. The molecule has 0 saturated heterocycles. The highest BCUT2D eigenvalue weighted by Gasteiger charge is 2.03. The number of ether oxygens (including phenoxy) is 1. The van der Waals surface area contributed by atoms with Gasteiger partial charge >= 0.3 is 0 Å². The number of amidine groups is 1. The number of aryl methyl sites for hydroxylation is 2. The van der Waals surface area contributed by atoms with E-state index in [-0.39, 0.29) is 5.84 Å². The molecule has 1 aromatic rings. The van der Waals surface area contributed by atoms with E-state index in [0.717, 1.165) is 34.7 Å². The number of nitrogens with two attached hydrogens (primary N) is 1. The average Bonchev–Trinajstić information content (AvgIpc) is 2.35. The number of halogens is 1. The van der Waals surface area contributed by atoms with Crippen LogP contribution in [-0.2, 0) is 0 Å². The van der Waals surface area contributed by atoms with Crippen LogP contribution in [0, 0.1) is 13.8 Å². The van der Waals surface area contributed by atoms with Crippen molar-refractivity contribution in [3.05, 3.63) is 28.3 Å². The first-order valence-electron chi connectivity index (χ1n) is 5.90. The summed E-state index contributed by atoms with van der Waals surface area (Å²) < 4.78 is 5.64. The third-order valence-corrected chi connectivity index (χ3v) is 3.23. The molecule has 0 bridgehead atoms. The van der Waals surface area contributed by atoms with Gasteiger partial charge in [0, 0.05) is 11.4 Å². The Kier molecular flexibility index (Phi) is 5.78. The average molecular weight is 271 g/mol. The van der Waals surface area contributed by atoms with Crippen LogP contribution in [-0.4, -0.2) is 17.6 Å². The third kappa shape index (κ3) is 4.45. The minimum Gasteiger partial charge on any atom is -0.494 e. The highest BCUT2D eigenvalue weighted by Crippen LogP contribution is 2.25. The van der Waals surface area contributed by atoms with E-state index in [4.69, 9.17) is 27.3 Å². The summed E-state index contributed by atoms with van der Waals surface area (Å²) in [4.78, 5) is 0. The molecule has 0 spiro atoms. The molecule has 0 radical (unpaired) electrons. The van der Waals surface area contributed by atoms with Gasteiger partial charge in [0.2, 0.25) is 0 Å². The van der Waals surface area contributed by atoms with E-state index in [2.05, 4.69) is 5.16 Å². The largest absolute Gasteiger partial charge is 0.494 e. The first kappa shape index (κ1) is 14.6. The number of rotatable bonds is 6. The lowest BCUT2D eigenvalue weighted by Gasteiger charge is -2.09. The van der Waals surface area contributed by atoms with Crippen LogP contribution in [0.3, 0.4) is 0 Å². The van der Waals surface area contributed by atoms with Crippen LogP contribution < -0.4 is 10.5 Å². The summed E-state index contributed by atoms with van der Waals surface area (Å²) in [6.45, 7) is 4.53. The van der Waals surface area contributed by atoms with Crippen molar-refractivity contribution in [2.24, 2.45) is 10.9 Å². The summed E-state index contributed by atoms with van der Waals surface area (Å²) in [6, 6.07) is 3.86. The molecule has 0 atom stereocenters. The van der Waals surface area contributed by atoms with Gasteiger partial charge in [-0.1, -0.05) is 16.8 Å². The molecule has 3 N–H and O–H groups in total. The molecule has 0 aliphatic rings. The van der Waals surface area contributed by atoms with E-state index in [9.17, 15) is 0 Å². The van der Waals surface area contributed by atoms with E-state index in [1.54, 1.807) is 0 Å². The van der Waals surface area contributed by atoms with Crippen molar-refractivity contribution in [1.82, 2.24) is 0 Å². The van der Waals surface area contributed by atoms with Crippen molar-refractivity contribution in [3.8, 4) is 5.75 Å². The Morgan fingerprint density at radius 1 is 1.33 bits per heavy atom. The molecule has 1 rings (SSSR count). The SMILES string of the molecule is Cc1cc(OCCCC/C(N)=N/O)cc(C)c1Cl. The van der Waals surface area contributed by atoms with E-state index in [0.29, 0.717) is 13.0 Å². The van der Waals surface area contributed by atoms with Crippen molar-refractivity contribution in [2.45, 2.75) is 33.1 Å². The van der Waals surface area contributed by atoms with Crippen molar-refractivity contribution in [1.29, 1.82) is 0 Å². The number of unbranched alkanes of at least 4 members (excludes halogenated alkanes) is 1. The fourth-order valence-electron chi connectivity index (χ4n) is 1.64. The van der Waals surface area contributed by atoms with E-state index >= 15 is 0 Å². The zero-order chi connectivity index (χ0) is 13.5. The molecule has 0 aliphatic heterocycles. The highest BCUT2D eigenvalue weighted by atomic mass is 35.5. The molecular formula is C13H19ClN2O2. The highest BCUT2D eigenvalue weighted by molar-refractivity contribution is 6.32. The van der Waals surface area contributed by atoms with Crippen LogP contribution in [0.25, 0.3) is 0 Å². The molecule has 0 aromatic heterocycles. The molecule has 100 valence electrons. The fraction of sp³-hybridized carbons (Fsp3) is 0.462. The standard InChI is InChI=1S/C13H19ClN2O2/c1-9-7-11(8-10(2)13(9)14)18-6-4-3-5-12(15)16-17/h7-8,17H,3-6H2,1-2H3,(H2,15,16). The lowest BCUT2D eigenvalue weighted by Crippen LogP contribution is -2.11. The summed E-state index contributed by atoms with van der Waals surface area (Å²) >= 11 is 6.08. The van der Waals surface area contributed by atoms with Gasteiger partial charge in [-0.25, -0.2) is 0 Å². The monoisotopic (exact) mass is 270 g/mol. The Morgan fingerprint density at radius 3 is 2.50 bits per heavy atom. The third-order valence-electron chi connectivity index (χ3n) is 2.63. The maximum absolute atomic E-state index is 8.38. The second-order valence-electron chi connectivity index (χ2n) is 4.27. The minimum atomic E-state index is 0.258. The van der Waals surface area contributed by atoms with Gasteiger partial charge in [-0.3, -0.25) is 0 Å². The maximum atomic E-state index is 8.38. The number of benzene rings is 1. The van der Waals surface area contributed by atoms with Gasteiger partial charge in [-0.15, -0.1) is 0 Å². The number of nitrogens with zero attached hydrogens (tertiary/aromatic N) is 1. The molecule has 0 amide bonds. The second-order valence-corrected chi connectivity index (χ2v) is 4.65.